The second-order valence-electron chi connectivity index (χ2n) is 4.81. The molecule has 2 N–H and O–H groups in total. The van der Waals surface area contributed by atoms with Crippen LogP contribution >= 0.6 is 11.3 Å². The summed E-state index contributed by atoms with van der Waals surface area (Å²) < 4.78 is 5.85. The molecule has 0 spiro atoms. The normalized spacial score (nSPS) is 11.0. The van der Waals surface area contributed by atoms with Crippen LogP contribution in [-0.4, -0.2) is 4.98 Å². The van der Waals surface area contributed by atoms with Crippen molar-refractivity contribution in [3.05, 3.63) is 60.0 Å². The molecule has 3 nitrogen and oxygen atoms in total. The van der Waals surface area contributed by atoms with Crippen molar-refractivity contribution in [2.75, 3.05) is 5.73 Å². The van der Waals surface area contributed by atoms with Gasteiger partial charge in [-0.25, -0.2) is 4.98 Å². The lowest BCUT2D eigenvalue weighted by Gasteiger charge is -1.96. The zero-order valence-electron chi connectivity index (χ0n) is 11.1. The summed E-state index contributed by atoms with van der Waals surface area (Å²) in [4.78, 5) is 4.66. The van der Waals surface area contributed by atoms with Gasteiger partial charge in [0.15, 0.2) is 5.76 Å². The molecule has 4 heteroatoms. The Bertz CT molecular complexity index is 873. The summed E-state index contributed by atoms with van der Waals surface area (Å²) in [6.07, 6.45) is 0. The molecular weight excluding hydrogens is 280 g/mol. The van der Waals surface area contributed by atoms with Gasteiger partial charge in [-0.1, -0.05) is 18.2 Å². The number of para-hydroxylation sites is 1. The van der Waals surface area contributed by atoms with E-state index < -0.39 is 0 Å². The molecule has 0 aliphatic carbocycles. The Morgan fingerprint density at radius 1 is 1.00 bits per heavy atom. The molecule has 0 bridgehead atoms. The molecule has 21 heavy (non-hydrogen) atoms. The molecule has 2 heterocycles. The van der Waals surface area contributed by atoms with Gasteiger partial charge < -0.3 is 10.2 Å². The minimum absolute atomic E-state index is 0.757. The van der Waals surface area contributed by atoms with E-state index in [1.54, 1.807) is 11.3 Å². The van der Waals surface area contributed by atoms with E-state index in [9.17, 15) is 0 Å². The van der Waals surface area contributed by atoms with Crippen LogP contribution in [0.15, 0.2) is 64.4 Å². The van der Waals surface area contributed by atoms with Gasteiger partial charge in [-0.3, -0.25) is 0 Å². The Balaban J connectivity index is 1.75. The highest BCUT2D eigenvalue weighted by Gasteiger charge is 2.11. The zero-order chi connectivity index (χ0) is 14.2. The Kier molecular flexibility index (Phi) is 2.75. The number of nitrogens with zero attached hydrogens (tertiary/aromatic N) is 1. The summed E-state index contributed by atoms with van der Waals surface area (Å²) in [5.41, 5.74) is 9.28. The molecule has 0 aliphatic heterocycles. The maximum Gasteiger partial charge on any atom is 0.154 e. The number of thiazole rings is 1. The van der Waals surface area contributed by atoms with E-state index in [0.29, 0.717) is 0 Å². The van der Waals surface area contributed by atoms with Crippen molar-refractivity contribution in [2.24, 2.45) is 0 Å². The van der Waals surface area contributed by atoms with Gasteiger partial charge in [0, 0.05) is 22.0 Å². The maximum absolute atomic E-state index is 5.85. The molecule has 0 saturated carbocycles. The Labute approximate surface area is 125 Å². The first-order chi connectivity index (χ1) is 10.3. The molecule has 0 radical (unpaired) electrons. The lowest BCUT2D eigenvalue weighted by atomic mass is 10.2. The van der Waals surface area contributed by atoms with E-state index in [-0.39, 0.29) is 0 Å². The van der Waals surface area contributed by atoms with Gasteiger partial charge in [-0.15, -0.1) is 11.3 Å². The number of nitrogen functional groups attached to an aromatic ring is 1. The van der Waals surface area contributed by atoms with Crippen LogP contribution in [0.25, 0.3) is 33.0 Å². The number of rotatable bonds is 2. The largest absolute Gasteiger partial charge is 0.454 e. The average molecular weight is 292 g/mol. The highest BCUT2D eigenvalue weighted by molar-refractivity contribution is 7.13. The van der Waals surface area contributed by atoms with E-state index in [4.69, 9.17) is 10.2 Å². The van der Waals surface area contributed by atoms with Gasteiger partial charge >= 0.3 is 0 Å². The van der Waals surface area contributed by atoms with E-state index in [1.165, 1.54) is 0 Å². The minimum Gasteiger partial charge on any atom is -0.454 e. The van der Waals surface area contributed by atoms with Gasteiger partial charge in [0.1, 0.15) is 16.3 Å². The molecular formula is C17H12N2OS. The number of benzene rings is 2. The lowest BCUT2D eigenvalue weighted by Crippen LogP contribution is -1.83. The molecule has 4 rings (SSSR count). The maximum atomic E-state index is 5.85. The number of aromatic nitrogens is 1. The summed E-state index contributed by atoms with van der Waals surface area (Å²) in [7, 11) is 0. The van der Waals surface area contributed by atoms with Crippen molar-refractivity contribution in [1.29, 1.82) is 0 Å². The third kappa shape index (κ3) is 2.19. The number of anilines is 1. The fourth-order valence-electron chi connectivity index (χ4n) is 2.25. The Morgan fingerprint density at radius 3 is 2.62 bits per heavy atom. The Hall–Kier alpha value is -2.59. The molecule has 2 aromatic heterocycles. The topological polar surface area (TPSA) is 52.0 Å². The fraction of sp³-hybridized carbons (Fsp3) is 0. The van der Waals surface area contributed by atoms with Gasteiger partial charge in [-0.05, 0) is 36.4 Å². The van der Waals surface area contributed by atoms with Crippen LogP contribution in [0.5, 0.6) is 0 Å². The standard InChI is InChI=1S/C17H12N2OS/c18-13-7-5-11(6-8-13)17-19-14(10-21-17)16-9-12-3-1-2-4-15(12)20-16/h1-10H,18H2. The van der Waals surface area contributed by atoms with E-state index in [0.717, 1.165) is 38.7 Å². The first-order valence-electron chi connectivity index (χ1n) is 6.60. The molecule has 0 fully saturated rings. The predicted octanol–water partition coefficient (Wildman–Crippen LogP) is 4.81. The van der Waals surface area contributed by atoms with Crippen LogP contribution in [0.1, 0.15) is 0 Å². The SMILES string of the molecule is Nc1ccc(-c2nc(-c3cc4ccccc4o3)cs2)cc1. The van der Waals surface area contributed by atoms with E-state index in [2.05, 4.69) is 4.98 Å². The van der Waals surface area contributed by atoms with Crippen molar-refractivity contribution < 1.29 is 4.42 Å². The smallest absolute Gasteiger partial charge is 0.154 e. The van der Waals surface area contributed by atoms with Crippen molar-refractivity contribution in [3.63, 3.8) is 0 Å². The molecule has 102 valence electrons. The molecule has 0 unspecified atom stereocenters. The van der Waals surface area contributed by atoms with Crippen LogP contribution in [0, 0.1) is 0 Å². The molecule has 0 atom stereocenters. The fourth-order valence-corrected chi connectivity index (χ4v) is 3.07. The predicted molar refractivity (Wildman–Crippen MR) is 87.2 cm³/mol. The summed E-state index contributed by atoms with van der Waals surface area (Å²) in [6.45, 7) is 0. The second kappa shape index (κ2) is 4.75. The van der Waals surface area contributed by atoms with Gasteiger partial charge in [0.25, 0.3) is 0 Å². The molecule has 0 saturated heterocycles. The summed E-state index contributed by atoms with van der Waals surface area (Å²) in [5.74, 6) is 0.800. The first kappa shape index (κ1) is 12.2. The average Bonchev–Trinajstić information content (AvgIpc) is 3.14. The highest BCUT2D eigenvalue weighted by Crippen LogP contribution is 2.32. The van der Waals surface area contributed by atoms with Gasteiger partial charge in [0.2, 0.25) is 0 Å². The van der Waals surface area contributed by atoms with Crippen molar-refractivity contribution in [1.82, 2.24) is 4.98 Å². The van der Waals surface area contributed by atoms with Crippen LogP contribution in [-0.2, 0) is 0 Å². The number of fused-ring (bicyclic) bond motifs is 1. The lowest BCUT2D eigenvalue weighted by molar-refractivity contribution is 0.629. The van der Waals surface area contributed by atoms with Crippen LogP contribution < -0.4 is 5.73 Å². The number of nitrogens with two attached hydrogens (primary N) is 1. The third-order valence-corrected chi connectivity index (χ3v) is 4.23. The summed E-state index contributed by atoms with van der Waals surface area (Å²) in [5, 5.41) is 4.07. The number of hydrogen-bond acceptors (Lipinski definition) is 4. The monoisotopic (exact) mass is 292 g/mol. The first-order valence-corrected chi connectivity index (χ1v) is 7.48. The number of furan rings is 1. The molecule has 4 aromatic rings. The van der Waals surface area contributed by atoms with Crippen LogP contribution in [0.2, 0.25) is 0 Å². The minimum atomic E-state index is 0.757. The number of hydrogen-bond donors (Lipinski definition) is 1. The third-order valence-electron chi connectivity index (χ3n) is 3.34. The van der Waals surface area contributed by atoms with Crippen molar-refractivity contribution in [3.8, 4) is 22.0 Å². The van der Waals surface area contributed by atoms with Crippen molar-refractivity contribution in [2.45, 2.75) is 0 Å². The molecule has 2 aromatic carbocycles. The zero-order valence-corrected chi connectivity index (χ0v) is 11.9. The highest BCUT2D eigenvalue weighted by atomic mass is 32.1. The summed E-state index contributed by atoms with van der Waals surface area (Å²) in [6, 6.07) is 17.7. The van der Waals surface area contributed by atoms with E-state index in [1.807, 2.05) is 60.0 Å². The second-order valence-corrected chi connectivity index (χ2v) is 5.67. The Morgan fingerprint density at radius 2 is 1.81 bits per heavy atom. The van der Waals surface area contributed by atoms with E-state index >= 15 is 0 Å². The van der Waals surface area contributed by atoms with Crippen LogP contribution in [0.3, 0.4) is 0 Å². The van der Waals surface area contributed by atoms with Crippen LogP contribution in [0.4, 0.5) is 5.69 Å². The summed E-state index contributed by atoms with van der Waals surface area (Å²) >= 11 is 1.60. The van der Waals surface area contributed by atoms with Gasteiger partial charge in [-0.2, -0.15) is 0 Å². The van der Waals surface area contributed by atoms with Crippen molar-refractivity contribution >= 4 is 28.0 Å². The molecule has 0 aliphatic rings. The quantitative estimate of drug-likeness (QED) is 0.540. The molecule has 0 amide bonds. The van der Waals surface area contributed by atoms with Gasteiger partial charge in [0.05, 0.1) is 0 Å².